The Balaban J connectivity index is 3.23. The lowest BCUT2D eigenvalue weighted by atomic mass is 9.86. The van der Waals surface area contributed by atoms with E-state index in [9.17, 15) is 5.11 Å². The number of benzene rings is 1. The number of rotatable bonds is 3. The van der Waals surface area contributed by atoms with Gasteiger partial charge in [0.2, 0.25) is 0 Å². The van der Waals surface area contributed by atoms with Gasteiger partial charge in [0.25, 0.3) is 0 Å². The predicted molar refractivity (Wildman–Crippen MR) is 66.0 cm³/mol. The van der Waals surface area contributed by atoms with Crippen LogP contribution in [0.1, 0.15) is 38.7 Å². The molecule has 0 saturated carbocycles. The second-order valence-electron chi connectivity index (χ2n) is 4.08. The molecule has 1 N–H and O–H groups in total. The van der Waals surface area contributed by atoms with Crippen molar-refractivity contribution >= 4 is 23.2 Å². The van der Waals surface area contributed by atoms with Crippen molar-refractivity contribution in [3.05, 3.63) is 27.7 Å². The summed E-state index contributed by atoms with van der Waals surface area (Å²) in [6, 6.07) is 3.23. The second-order valence-corrected chi connectivity index (χ2v) is 4.92. The van der Waals surface area contributed by atoms with Gasteiger partial charge >= 0.3 is 0 Å². The third kappa shape index (κ3) is 2.79. The Morgan fingerprint density at radius 2 is 1.87 bits per heavy atom. The molecule has 0 radical (unpaired) electrons. The summed E-state index contributed by atoms with van der Waals surface area (Å²) in [5, 5.41) is 10.9. The number of halogens is 2. The molecule has 3 heteroatoms. The molecule has 0 amide bonds. The van der Waals surface area contributed by atoms with Gasteiger partial charge in [-0.05, 0) is 30.4 Å². The summed E-state index contributed by atoms with van der Waals surface area (Å²) in [5.41, 5.74) is 0.818. The Kier molecular flexibility index (Phi) is 4.30. The highest BCUT2D eigenvalue weighted by molar-refractivity contribution is 6.35. The number of hydrogen-bond acceptors (Lipinski definition) is 1. The van der Waals surface area contributed by atoms with Gasteiger partial charge in [0.05, 0.1) is 0 Å². The summed E-state index contributed by atoms with van der Waals surface area (Å²) in [7, 11) is 0. The molecule has 0 heterocycles. The molecule has 0 aromatic heterocycles. The molecule has 0 saturated heterocycles. The van der Waals surface area contributed by atoms with Crippen molar-refractivity contribution in [1.29, 1.82) is 0 Å². The maximum Gasteiger partial charge on any atom is 0.122 e. The van der Waals surface area contributed by atoms with Crippen LogP contribution in [0.5, 0.6) is 5.75 Å². The lowest BCUT2D eigenvalue weighted by Gasteiger charge is -2.22. The zero-order valence-corrected chi connectivity index (χ0v) is 10.7. The van der Waals surface area contributed by atoms with E-state index in [0.717, 1.165) is 12.0 Å². The predicted octanol–water partition coefficient (Wildman–Crippen LogP) is 4.85. The van der Waals surface area contributed by atoms with Crippen LogP contribution in [0, 0.1) is 5.92 Å². The van der Waals surface area contributed by atoms with E-state index in [4.69, 9.17) is 23.2 Å². The molecule has 0 fully saturated rings. The van der Waals surface area contributed by atoms with Crippen LogP contribution < -0.4 is 0 Å². The van der Waals surface area contributed by atoms with Crippen molar-refractivity contribution in [2.75, 3.05) is 0 Å². The average Bonchev–Trinajstić information content (AvgIpc) is 2.09. The van der Waals surface area contributed by atoms with Crippen LogP contribution >= 0.6 is 23.2 Å². The quantitative estimate of drug-likeness (QED) is 0.809. The fourth-order valence-electron chi connectivity index (χ4n) is 1.95. The fourth-order valence-corrected chi connectivity index (χ4v) is 2.57. The first-order valence-electron chi connectivity index (χ1n) is 5.15. The number of phenolic OH excluding ortho intramolecular Hbond substituents is 1. The van der Waals surface area contributed by atoms with Gasteiger partial charge in [0.15, 0.2) is 0 Å². The third-order valence-corrected chi connectivity index (χ3v) is 3.22. The van der Waals surface area contributed by atoms with E-state index in [1.54, 1.807) is 12.1 Å². The van der Waals surface area contributed by atoms with E-state index in [1.807, 2.05) is 0 Å². The van der Waals surface area contributed by atoms with E-state index in [0.29, 0.717) is 16.0 Å². The summed E-state index contributed by atoms with van der Waals surface area (Å²) in [6.07, 6.45) is 0.951. The molecule has 0 aliphatic rings. The SMILES string of the molecule is CCC(c1c(O)cc(Cl)cc1Cl)C(C)C. The first-order chi connectivity index (χ1) is 6.97. The first-order valence-corrected chi connectivity index (χ1v) is 5.90. The Hall–Kier alpha value is -0.400. The maximum absolute atomic E-state index is 9.85. The first kappa shape index (κ1) is 12.7. The van der Waals surface area contributed by atoms with Gasteiger partial charge in [-0.2, -0.15) is 0 Å². The Labute approximate surface area is 101 Å². The monoisotopic (exact) mass is 246 g/mol. The van der Waals surface area contributed by atoms with Crippen LogP contribution in [0.15, 0.2) is 12.1 Å². The molecule has 1 aromatic rings. The molecular weight excluding hydrogens is 231 g/mol. The molecule has 1 nitrogen and oxygen atoms in total. The minimum absolute atomic E-state index is 0.202. The normalized spacial score (nSPS) is 13.2. The Morgan fingerprint density at radius 3 is 2.27 bits per heavy atom. The van der Waals surface area contributed by atoms with Crippen LogP contribution in [0.25, 0.3) is 0 Å². The van der Waals surface area contributed by atoms with Crippen molar-refractivity contribution in [2.45, 2.75) is 33.1 Å². The minimum atomic E-state index is 0.202. The zero-order valence-electron chi connectivity index (χ0n) is 9.22. The van der Waals surface area contributed by atoms with Crippen LogP contribution in [0.3, 0.4) is 0 Å². The zero-order chi connectivity index (χ0) is 11.6. The number of phenols is 1. The third-order valence-electron chi connectivity index (χ3n) is 2.69. The van der Waals surface area contributed by atoms with Gasteiger partial charge in [-0.15, -0.1) is 0 Å². The Morgan fingerprint density at radius 1 is 1.27 bits per heavy atom. The van der Waals surface area contributed by atoms with Crippen molar-refractivity contribution in [2.24, 2.45) is 5.92 Å². The summed E-state index contributed by atoms with van der Waals surface area (Å²) >= 11 is 11.9. The highest BCUT2D eigenvalue weighted by Gasteiger charge is 2.20. The smallest absolute Gasteiger partial charge is 0.122 e. The molecule has 1 aromatic carbocycles. The van der Waals surface area contributed by atoms with Gasteiger partial charge < -0.3 is 5.11 Å². The molecule has 0 aliphatic carbocycles. The van der Waals surface area contributed by atoms with E-state index in [-0.39, 0.29) is 11.7 Å². The molecule has 1 atom stereocenters. The Bertz CT molecular complexity index is 324. The lowest BCUT2D eigenvalue weighted by Crippen LogP contribution is -2.06. The van der Waals surface area contributed by atoms with Gasteiger partial charge in [-0.3, -0.25) is 0 Å². The summed E-state index contributed by atoms with van der Waals surface area (Å²) < 4.78 is 0. The van der Waals surface area contributed by atoms with Gasteiger partial charge in [0.1, 0.15) is 5.75 Å². The minimum Gasteiger partial charge on any atom is -0.508 e. The van der Waals surface area contributed by atoms with E-state index in [1.165, 1.54) is 0 Å². The molecule has 1 rings (SSSR count). The number of hydrogen-bond donors (Lipinski definition) is 1. The molecule has 0 spiro atoms. The topological polar surface area (TPSA) is 20.2 Å². The molecule has 0 aliphatic heterocycles. The molecule has 0 bridgehead atoms. The van der Waals surface area contributed by atoms with Crippen LogP contribution in [0.2, 0.25) is 10.0 Å². The molecular formula is C12H16Cl2O. The highest BCUT2D eigenvalue weighted by atomic mass is 35.5. The molecule has 84 valence electrons. The van der Waals surface area contributed by atoms with E-state index < -0.39 is 0 Å². The van der Waals surface area contributed by atoms with Crippen LogP contribution in [-0.2, 0) is 0 Å². The van der Waals surface area contributed by atoms with E-state index >= 15 is 0 Å². The average molecular weight is 247 g/mol. The summed E-state index contributed by atoms with van der Waals surface area (Å²) in [5.74, 6) is 0.919. The number of aromatic hydroxyl groups is 1. The molecule has 15 heavy (non-hydrogen) atoms. The van der Waals surface area contributed by atoms with Crippen molar-refractivity contribution in [3.8, 4) is 5.75 Å². The van der Waals surface area contributed by atoms with Crippen LogP contribution in [-0.4, -0.2) is 5.11 Å². The maximum atomic E-state index is 9.85. The van der Waals surface area contributed by atoms with Gasteiger partial charge in [0, 0.05) is 15.6 Å². The van der Waals surface area contributed by atoms with Crippen molar-refractivity contribution in [3.63, 3.8) is 0 Å². The fraction of sp³-hybridized carbons (Fsp3) is 0.500. The summed E-state index contributed by atoms with van der Waals surface area (Å²) in [6.45, 7) is 6.34. The van der Waals surface area contributed by atoms with Crippen LogP contribution in [0.4, 0.5) is 0 Å². The van der Waals surface area contributed by atoms with E-state index in [2.05, 4.69) is 20.8 Å². The van der Waals surface area contributed by atoms with Gasteiger partial charge in [-0.25, -0.2) is 0 Å². The highest BCUT2D eigenvalue weighted by Crippen LogP contribution is 2.40. The largest absolute Gasteiger partial charge is 0.508 e. The van der Waals surface area contributed by atoms with Crippen molar-refractivity contribution in [1.82, 2.24) is 0 Å². The summed E-state index contributed by atoms with van der Waals surface area (Å²) in [4.78, 5) is 0. The standard InChI is InChI=1S/C12H16Cl2O/c1-4-9(7(2)3)12-10(14)5-8(13)6-11(12)15/h5-7,9,15H,4H2,1-3H3. The second kappa shape index (κ2) is 5.09. The molecule has 1 unspecified atom stereocenters. The lowest BCUT2D eigenvalue weighted by molar-refractivity contribution is 0.430. The van der Waals surface area contributed by atoms with Gasteiger partial charge in [-0.1, -0.05) is 44.0 Å². The van der Waals surface area contributed by atoms with Crippen molar-refractivity contribution < 1.29 is 5.11 Å².